The number of aromatic nitrogens is 2. The van der Waals surface area contributed by atoms with Crippen LogP contribution in [0.3, 0.4) is 0 Å². The van der Waals surface area contributed by atoms with Gasteiger partial charge in [0.25, 0.3) is 0 Å². The Labute approximate surface area is 77.0 Å². The highest BCUT2D eigenvalue weighted by molar-refractivity contribution is 5.54. The first-order chi connectivity index (χ1) is 6.34. The first-order valence-corrected chi connectivity index (χ1v) is 4.16. The second-order valence-electron chi connectivity index (χ2n) is 2.87. The lowest BCUT2D eigenvalue weighted by atomic mass is 10.3. The summed E-state index contributed by atoms with van der Waals surface area (Å²) < 4.78 is 1.77. The molecule has 0 aliphatic carbocycles. The lowest BCUT2D eigenvalue weighted by Crippen LogP contribution is -1.92. The van der Waals surface area contributed by atoms with Crippen LogP contribution < -0.4 is 5.32 Å². The zero-order chi connectivity index (χ0) is 9.10. The Hall–Kier alpha value is -1.77. The van der Waals surface area contributed by atoms with Gasteiger partial charge < -0.3 is 5.32 Å². The number of anilines is 2. The normalized spacial score (nSPS) is 9.92. The maximum Gasteiger partial charge on any atom is 0.152 e. The molecule has 0 aliphatic heterocycles. The summed E-state index contributed by atoms with van der Waals surface area (Å²) in [6, 6.07) is 11.9. The molecular weight excluding hydrogens is 162 g/mol. The Morgan fingerprint density at radius 1 is 1.15 bits per heavy atom. The van der Waals surface area contributed by atoms with Crippen LogP contribution in [-0.2, 0) is 7.05 Å². The average Bonchev–Trinajstić information content (AvgIpc) is 2.53. The SMILES string of the molecule is Cn1ccc(Nc2ccccc2)n1. The van der Waals surface area contributed by atoms with E-state index in [4.69, 9.17) is 0 Å². The third kappa shape index (κ3) is 1.87. The van der Waals surface area contributed by atoms with Gasteiger partial charge in [-0.25, -0.2) is 0 Å². The van der Waals surface area contributed by atoms with Gasteiger partial charge >= 0.3 is 0 Å². The van der Waals surface area contributed by atoms with Gasteiger partial charge in [-0.15, -0.1) is 0 Å². The van der Waals surface area contributed by atoms with Crippen LogP contribution in [-0.4, -0.2) is 9.78 Å². The summed E-state index contributed by atoms with van der Waals surface area (Å²) in [5.74, 6) is 0.869. The van der Waals surface area contributed by atoms with Crippen molar-refractivity contribution in [1.82, 2.24) is 9.78 Å². The van der Waals surface area contributed by atoms with Crippen molar-refractivity contribution in [2.75, 3.05) is 5.32 Å². The van der Waals surface area contributed by atoms with Gasteiger partial charge in [-0.05, 0) is 12.1 Å². The maximum absolute atomic E-state index is 4.21. The molecule has 66 valence electrons. The fourth-order valence-electron chi connectivity index (χ4n) is 1.15. The van der Waals surface area contributed by atoms with Gasteiger partial charge in [-0.1, -0.05) is 18.2 Å². The van der Waals surface area contributed by atoms with Crippen molar-refractivity contribution in [1.29, 1.82) is 0 Å². The quantitative estimate of drug-likeness (QED) is 0.754. The molecule has 0 radical (unpaired) electrons. The highest BCUT2D eigenvalue weighted by atomic mass is 15.3. The molecule has 0 atom stereocenters. The highest BCUT2D eigenvalue weighted by Crippen LogP contribution is 2.12. The summed E-state index contributed by atoms with van der Waals surface area (Å²) in [6.07, 6.45) is 1.91. The van der Waals surface area contributed by atoms with E-state index in [-0.39, 0.29) is 0 Å². The predicted molar refractivity (Wildman–Crippen MR) is 52.9 cm³/mol. The van der Waals surface area contributed by atoms with E-state index < -0.39 is 0 Å². The number of nitrogens with one attached hydrogen (secondary N) is 1. The van der Waals surface area contributed by atoms with Crippen molar-refractivity contribution in [3.05, 3.63) is 42.6 Å². The van der Waals surface area contributed by atoms with Gasteiger partial charge in [0.2, 0.25) is 0 Å². The third-order valence-corrected chi connectivity index (χ3v) is 1.76. The Morgan fingerprint density at radius 3 is 2.54 bits per heavy atom. The van der Waals surface area contributed by atoms with Crippen molar-refractivity contribution >= 4 is 11.5 Å². The van der Waals surface area contributed by atoms with Crippen LogP contribution in [0.4, 0.5) is 11.5 Å². The monoisotopic (exact) mass is 173 g/mol. The van der Waals surface area contributed by atoms with Gasteiger partial charge in [-0.3, -0.25) is 4.68 Å². The average molecular weight is 173 g/mol. The molecular formula is C10H11N3. The van der Waals surface area contributed by atoms with Crippen molar-refractivity contribution < 1.29 is 0 Å². The van der Waals surface area contributed by atoms with E-state index in [0.29, 0.717) is 0 Å². The first-order valence-electron chi connectivity index (χ1n) is 4.16. The number of hydrogen-bond acceptors (Lipinski definition) is 2. The summed E-state index contributed by atoms with van der Waals surface area (Å²) in [5.41, 5.74) is 1.06. The summed E-state index contributed by atoms with van der Waals surface area (Å²) in [4.78, 5) is 0. The molecule has 0 bridgehead atoms. The third-order valence-electron chi connectivity index (χ3n) is 1.76. The molecule has 1 aromatic carbocycles. The molecule has 0 amide bonds. The fourth-order valence-corrected chi connectivity index (χ4v) is 1.15. The second-order valence-corrected chi connectivity index (χ2v) is 2.87. The lowest BCUT2D eigenvalue weighted by Gasteiger charge is -2.00. The van der Waals surface area contributed by atoms with E-state index in [1.807, 2.05) is 49.6 Å². The molecule has 1 N–H and O–H groups in total. The van der Waals surface area contributed by atoms with Gasteiger partial charge in [0.1, 0.15) is 0 Å². The molecule has 0 fully saturated rings. The van der Waals surface area contributed by atoms with Crippen molar-refractivity contribution in [2.45, 2.75) is 0 Å². The topological polar surface area (TPSA) is 29.9 Å². The van der Waals surface area contributed by atoms with Crippen LogP contribution in [0.25, 0.3) is 0 Å². The molecule has 1 heterocycles. The minimum atomic E-state index is 0.869. The summed E-state index contributed by atoms with van der Waals surface area (Å²) in [7, 11) is 1.90. The molecule has 2 aromatic rings. The molecule has 0 aliphatic rings. The van der Waals surface area contributed by atoms with E-state index in [1.54, 1.807) is 4.68 Å². The fraction of sp³-hybridized carbons (Fsp3) is 0.100. The summed E-state index contributed by atoms with van der Waals surface area (Å²) >= 11 is 0. The summed E-state index contributed by atoms with van der Waals surface area (Å²) in [6.45, 7) is 0. The smallest absolute Gasteiger partial charge is 0.152 e. The summed E-state index contributed by atoms with van der Waals surface area (Å²) in [5, 5.41) is 7.40. The lowest BCUT2D eigenvalue weighted by molar-refractivity contribution is 0.771. The molecule has 1 aromatic heterocycles. The minimum Gasteiger partial charge on any atom is -0.339 e. The van der Waals surface area contributed by atoms with Gasteiger partial charge in [0, 0.05) is 25.0 Å². The zero-order valence-electron chi connectivity index (χ0n) is 7.44. The number of benzene rings is 1. The van der Waals surface area contributed by atoms with Crippen molar-refractivity contribution in [3.8, 4) is 0 Å². The number of aryl methyl sites for hydroxylation is 1. The van der Waals surface area contributed by atoms with Crippen LogP contribution >= 0.6 is 0 Å². The molecule has 3 nitrogen and oxygen atoms in total. The molecule has 0 saturated heterocycles. The molecule has 2 rings (SSSR count). The number of nitrogens with zero attached hydrogens (tertiary/aromatic N) is 2. The molecule has 3 heteroatoms. The van der Waals surface area contributed by atoms with Gasteiger partial charge in [0.05, 0.1) is 0 Å². The number of hydrogen-bond donors (Lipinski definition) is 1. The molecule has 0 saturated carbocycles. The second kappa shape index (κ2) is 3.31. The van der Waals surface area contributed by atoms with E-state index >= 15 is 0 Å². The Bertz CT molecular complexity index is 378. The molecule has 13 heavy (non-hydrogen) atoms. The standard InChI is InChI=1S/C10H11N3/c1-13-8-7-10(12-13)11-9-5-3-2-4-6-9/h2-8H,1H3,(H,11,12). The van der Waals surface area contributed by atoms with E-state index in [1.165, 1.54) is 0 Å². The van der Waals surface area contributed by atoms with Crippen LogP contribution in [0.5, 0.6) is 0 Å². The molecule has 0 spiro atoms. The van der Waals surface area contributed by atoms with Crippen LogP contribution in [0.2, 0.25) is 0 Å². The van der Waals surface area contributed by atoms with Crippen molar-refractivity contribution in [3.63, 3.8) is 0 Å². The number of para-hydroxylation sites is 1. The van der Waals surface area contributed by atoms with Crippen LogP contribution in [0, 0.1) is 0 Å². The van der Waals surface area contributed by atoms with Crippen LogP contribution in [0.15, 0.2) is 42.6 Å². The maximum atomic E-state index is 4.21. The largest absolute Gasteiger partial charge is 0.339 e. The minimum absolute atomic E-state index is 0.869. The van der Waals surface area contributed by atoms with Gasteiger partial charge in [0.15, 0.2) is 5.82 Å². The Kier molecular flexibility index (Phi) is 2.00. The van der Waals surface area contributed by atoms with Crippen LogP contribution in [0.1, 0.15) is 0 Å². The Morgan fingerprint density at radius 2 is 1.92 bits per heavy atom. The van der Waals surface area contributed by atoms with Crippen molar-refractivity contribution in [2.24, 2.45) is 7.05 Å². The van der Waals surface area contributed by atoms with E-state index in [2.05, 4.69) is 10.4 Å². The predicted octanol–water partition coefficient (Wildman–Crippen LogP) is 2.16. The van der Waals surface area contributed by atoms with E-state index in [0.717, 1.165) is 11.5 Å². The van der Waals surface area contributed by atoms with E-state index in [9.17, 15) is 0 Å². The zero-order valence-corrected chi connectivity index (χ0v) is 7.44. The first kappa shape index (κ1) is 7.86. The van der Waals surface area contributed by atoms with Gasteiger partial charge in [-0.2, -0.15) is 5.10 Å². The Balaban J connectivity index is 2.15. The number of rotatable bonds is 2. The highest BCUT2D eigenvalue weighted by Gasteiger charge is 1.95. The molecule has 0 unspecified atom stereocenters.